The van der Waals surface area contributed by atoms with Crippen molar-refractivity contribution in [1.29, 1.82) is 0 Å². The monoisotopic (exact) mass is 246 g/mol. The third kappa shape index (κ3) is 3.05. The minimum Gasteiger partial charge on any atom is -0.371 e. The zero-order valence-electron chi connectivity index (χ0n) is 12.0. The van der Waals surface area contributed by atoms with Gasteiger partial charge >= 0.3 is 0 Å². The zero-order valence-corrected chi connectivity index (χ0v) is 12.0. The maximum absolute atomic E-state index is 3.64. The summed E-state index contributed by atoms with van der Waals surface area (Å²) in [7, 11) is 0. The molecule has 1 aliphatic rings. The third-order valence-corrected chi connectivity index (χ3v) is 4.19. The summed E-state index contributed by atoms with van der Waals surface area (Å²) in [6.07, 6.45) is 3.73. The van der Waals surface area contributed by atoms with Crippen molar-refractivity contribution in [2.75, 3.05) is 24.5 Å². The second kappa shape index (κ2) is 6.24. The molecule has 2 nitrogen and oxygen atoms in total. The number of anilines is 1. The van der Waals surface area contributed by atoms with Crippen molar-refractivity contribution in [2.45, 2.75) is 46.1 Å². The van der Waals surface area contributed by atoms with E-state index in [1.807, 2.05) is 0 Å². The quantitative estimate of drug-likeness (QED) is 0.861. The molecule has 100 valence electrons. The molecule has 0 spiro atoms. The van der Waals surface area contributed by atoms with E-state index in [-0.39, 0.29) is 0 Å². The second-order valence-corrected chi connectivity index (χ2v) is 5.41. The van der Waals surface area contributed by atoms with Gasteiger partial charge in [0.05, 0.1) is 0 Å². The van der Waals surface area contributed by atoms with Crippen molar-refractivity contribution < 1.29 is 0 Å². The van der Waals surface area contributed by atoms with Gasteiger partial charge in [0.15, 0.2) is 0 Å². The molecule has 1 aromatic carbocycles. The molecule has 1 aromatic rings. The van der Waals surface area contributed by atoms with Gasteiger partial charge < -0.3 is 10.2 Å². The van der Waals surface area contributed by atoms with Gasteiger partial charge in [-0.15, -0.1) is 0 Å². The highest BCUT2D eigenvalue weighted by Gasteiger charge is 2.15. The average molecular weight is 246 g/mol. The molecule has 1 N–H and O–H groups in total. The second-order valence-electron chi connectivity index (χ2n) is 5.41. The predicted molar refractivity (Wildman–Crippen MR) is 79.4 cm³/mol. The van der Waals surface area contributed by atoms with Gasteiger partial charge in [0.25, 0.3) is 0 Å². The van der Waals surface area contributed by atoms with Crippen LogP contribution in [0.1, 0.15) is 37.3 Å². The van der Waals surface area contributed by atoms with Crippen LogP contribution in [-0.2, 0) is 0 Å². The molecule has 1 fully saturated rings. The van der Waals surface area contributed by atoms with Gasteiger partial charge in [-0.2, -0.15) is 0 Å². The fourth-order valence-corrected chi connectivity index (χ4v) is 2.77. The van der Waals surface area contributed by atoms with Crippen molar-refractivity contribution >= 4 is 5.69 Å². The first kappa shape index (κ1) is 13.4. The molecule has 1 unspecified atom stereocenters. The molecule has 0 aliphatic carbocycles. The van der Waals surface area contributed by atoms with Crippen LogP contribution in [-0.4, -0.2) is 25.7 Å². The summed E-state index contributed by atoms with van der Waals surface area (Å²) in [5, 5.41) is 3.64. The molecule has 1 saturated heterocycles. The van der Waals surface area contributed by atoms with E-state index in [1.54, 1.807) is 0 Å². The molecule has 0 amide bonds. The lowest BCUT2D eigenvalue weighted by Crippen LogP contribution is -2.39. The lowest BCUT2D eigenvalue weighted by molar-refractivity contribution is 0.439. The summed E-state index contributed by atoms with van der Waals surface area (Å²) in [6.45, 7) is 10.2. The number of benzene rings is 1. The van der Waals surface area contributed by atoms with E-state index in [9.17, 15) is 0 Å². The first-order valence-electron chi connectivity index (χ1n) is 7.27. The van der Waals surface area contributed by atoms with Crippen LogP contribution in [0.3, 0.4) is 0 Å². The number of aryl methyl sites for hydroxylation is 1. The van der Waals surface area contributed by atoms with Gasteiger partial charge in [0.1, 0.15) is 0 Å². The lowest BCUT2D eigenvalue weighted by atomic mass is 10.0. The van der Waals surface area contributed by atoms with E-state index in [1.165, 1.54) is 49.2 Å². The Morgan fingerprint density at radius 2 is 2.11 bits per heavy atom. The highest BCUT2D eigenvalue weighted by molar-refractivity contribution is 5.56. The van der Waals surface area contributed by atoms with Crippen LogP contribution in [0.2, 0.25) is 0 Å². The van der Waals surface area contributed by atoms with E-state index in [0.29, 0.717) is 6.04 Å². The topological polar surface area (TPSA) is 15.3 Å². The van der Waals surface area contributed by atoms with Crippen molar-refractivity contribution in [2.24, 2.45) is 0 Å². The zero-order chi connectivity index (χ0) is 13.0. The van der Waals surface area contributed by atoms with E-state index < -0.39 is 0 Å². The molecular formula is C16H26N2. The smallest absolute Gasteiger partial charge is 0.0398 e. The number of hydrogen-bond acceptors (Lipinski definition) is 2. The highest BCUT2D eigenvalue weighted by atomic mass is 15.1. The predicted octanol–water partition coefficient (Wildman–Crippen LogP) is 3.27. The van der Waals surface area contributed by atoms with Gasteiger partial charge in [0.2, 0.25) is 0 Å². The van der Waals surface area contributed by atoms with Crippen LogP contribution in [0.25, 0.3) is 0 Å². The van der Waals surface area contributed by atoms with Gasteiger partial charge in [0, 0.05) is 24.8 Å². The highest BCUT2D eigenvalue weighted by Crippen LogP contribution is 2.24. The standard InChI is InChI=1S/C16H26N2/c1-4-15-9-12-18(11-6-10-17-15)16-8-5-7-13(2)14(16)3/h5,7-8,15,17H,4,6,9-12H2,1-3H3. The molecular weight excluding hydrogens is 220 g/mol. The number of hydrogen-bond donors (Lipinski definition) is 1. The first-order valence-corrected chi connectivity index (χ1v) is 7.27. The van der Waals surface area contributed by atoms with Crippen LogP contribution >= 0.6 is 0 Å². The molecule has 2 rings (SSSR count). The summed E-state index contributed by atoms with van der Waals surface area (Å²) < 4.78 is 0. The van der Waals surface area contributed by atoms with Gasteiger partial charge in [-0.25, -0.2) is 0 Å². The van der Waals surface area contributed by atoms with Crippen molar-refractivity contribution in [3.8, 4) is 0 Å². The number of nitrogens with zero attached hydrogens (tertiary/aromatic N) is 1. The average Bonchev–Trinajstić information content (AvgIpc) is 2.34. The van der Waals surface area contributed by atoms with E-state index in [4.69, 9.17) is 0 Å². The Kier molecular flexibility index (Phi) is 4.65. The summed E-state index contributed by atoms with van der Waals surface area (Å²) in [6, 6.07) is 7.36. The Labute approximate surface area is 111 Å². The Balaban J connectivity index is 2.13. The normalized spacial score (nSPS) is 21.5. The Morgan fingerprint density at radius 3 is 2.89 bits per heavy atom. The molecule has 1 aliphatic heterocycles. The molecule has 0 aromatic heterocycles. The maximum atomic E-state index is 3.64. The van der Waals surface area contributed by atoms with E-state index >= 15 is 0 Å². The minimum atomic E-state index is 0.693. The molecule has 0 bridgehead atoms. The van der Waals surface area contributed by atoms with Crippen LogP contribution < -0.4 is 10.2 Å². The molecule has 18 heavy (non-hydrogen) atoms. The van der Waals surface area contributed by atoms with Gasteiger partial charge in [-0.3, -0.25) is 0 Å². The van der Waals surface area contributed by atoms with Crippen molar-refractivity contribution in [1.82, 2.24) is 5.32 Å². The fraction of sp³-hybridized carbons (Fsp3) is 0.625. The van der Waals surface area contributed by atoms with E-state index in [0.717, 1.165) is 6.54 Å². The number of rotatable bonds is 2. The minimum absolute atomic E-state index is 0.693. The number of nitrogens with one attached hydrogen (secondary N) is 1. The van der Waals surface area contributed by atoms with Gasteiger partial charge in [-0.05, 0) is 56.8 Å². The molecule has 0 saturated carbocycles. The molecule has 2 heteroatoms. The third-order valence-electron chi connectivity index (χ3n) is 4.19. The van der Waals surface area contributed by atoms with Gasteiger partial charge in [-0.1, -0.05) is 19.1 Å². The molecule has 0 radical (unpaired) electrons. The SMILES string of the molecule is CCC1CCN(c2cccc(C)c2C)CCCN1. The van der Waals surface area contributed by atoms with E-state index in [2.05, 4.69) is 49.2 Å². The van der Waals surface area contributed by atoms with Crippen molar-refractivity contribution in [3.63, 3.8) is 0 Å². The summed E-state index contributed by atoms with van der Waals surface area (Å²) >= 11 is 0. The van der Waals surface area contributed by atoms with Crippen molar-refractivity contribution in [3.05, 3.63) is 29.3 Å². The Morgan fingerprint density at radius 1 is 1.28 bits per heavy atom. The molecule has 1 heterocycles. The maximum Gasteiger partial charge on any atom is 0.0398 e. The fourth-order valence-electron chi connectivity index (χ4n) is 2.77. The first-order chi connectivity index (χ1) is 8.72. The van der Waals surface area contributed by atoms with Crippen LogP contribution in [0.4, 0.5) is 5.69 Å². The summed E-state index contributed by atoms with van der Waals surface area (Å²) in [5.41, 5.74) is 4.28. The van der Waals surface area contributed by atoms with Crippen LogP contribution in [0, 0.1) is 13.8 Å². The Bertz CT molecular complexity index is 387. The largest absolute Gasteiger partial charge is 0.371 e. The summed E-state index contributed by atoms with van der Waals surface area (Å²) in [5.74, 6) is 0. The molecule has 1 atom stereocenters. The summed E-state index contributed by atoms with van der Waals surface area (Å²) in [4.78, 5) is 2.58. The lowest BCUT2D eigenvalue weighted by Gasteiger charge is -2.32. The van der Waals surface area contributed by atoms with Crippen LogP contribution in [0.15, 0.2) is 18.2 Å². The Hall–Kier alpha value is -1.02. The van der Waals surface area contributed by atoms with Crippen LogP contribution in [0.5, 0.6) is 0 Å².